The van der Waals surface area contributed by atoms with Crippen molar-refractivity contribution in [3.63, 3.8) is 0 Å². The summed E-state index contributed by atoms with van der Waals surface area (Å²) < 4.78 is 6.24. The topological polar surface area (TPSA) is 53.8 Å². The molecule has 0 spiro atoms. The van der Waals surface area contributed by atoms with Crippen molar-refractivity contribution in [3.8, 4) is 0 Å². The van der Waals surface area contributed by atoms with Crippen LogP contribution in [0.3, 0.4) is 0 Å². The number of hydrogen-bond donors (Lipinski definition) is 0. The maximum Gasteiger partial charge on any atom is 0.290 e. The van der Waals surface area contributed by atoms with Gasteiger partial charge in [0.25, 0.3) is 5.91 Å². The Balaban J connectivity index is 1.63. The second-order valence-electron chi connectivity index (χ2n) is 8.13. The van der Waals surface area contributed by atoms with Crippen molar-refractivity contribution < 1.29 is 9.21 Å². The molecule has 1 amide bonds. The van der Waals surface area contributed by atoms with Crippen LogP contribution in [0.1, 0.15) is 47.3 Å². The molecule has 0 bridgehead atoms. The second kappa shape index (κ2) is 8.52. The van der Waals surface area contributed by atoms with Crippen LogP contribution in [0.2, 0.25) is 0 Å². The summed E-state index contributed by atoms with van der Waals surface area (Å²) in [5.41, 5.74) is 0.864. The summed E-state index contributed by atoms with van der Waals surface area (Å²) in [4.78, 5) is 32.4. The van der Waals surface area contributed by atoms with Crippen molar-refractivity contribution in [1.29, 1.82) is 0 Å². The van der Waals surface area contributed by atoms with Gasteiger partial charge in [0.2, 0.25) is 5.76 Å². The van der Waals surface area contributed by atoms with Gasteiger partial charge in [-0.2, -0.15) is 0 Å². The van der Waals surface area contributed by atoms with E-state index in [0.29, 0.717) is 23.1 Å². The van der Waals surface area contributed by atoms with Gasteiger partial charge in [-0.1, -0.05) is 50.2 Å². The number of benzene rings is 2. The molecule has 3 heterocycles. The third-order valence-electron chi connectivity index (χ3n) is 6.44. The van der Waals surface area contributed by atoms with E-state index >= 15 is 0 Å². The fraction of sp³-hybridized carbons (Fsp3) is 0.308. The highest BCUT2D eigenvalue weighted by Crippen LogP contribution is 2.40. The Kier molecular flexibility index (Phi) is 5.57. The third kappa shape index (κ3) is 3.34. The highest BCUT2D eigenvalue weighted by Gasteiger charge is 2.43. The Bertz CT molecular complexity index is 1340. The average Bonchev–Trinajstić information content (AvgIpc) is 3.44. The normalized spacial score (nSPS) is 15.9. The molecular formula is C26H26N2O3S. The zero-order valence-electron chi connectivity index (χ0n) is 18.3. The van der Waals surface area contributed by atoms with E-state index in [9.17, 15) is 9.59 Å². The first-order valence-electron chi connectivity index (χ1n) is 11.2. The Morgan fingerprint density at radius 2 is 1.81 bits per heavy atom. The maximum absolute atomic E-state index is 13.7. The first-order valence-corrected chi connectivity index (χ1v) is 12.1. The molecule has 0 N–H and O–H groups in total. The molecule has 0 saturated heterocycles. The van der Waals surface area contributed by atoms with E-state index in [4.69, 9.17) is 4.42 Å². The van der Waals surface area contributed by atoms with Gasteiger partial charge in [0.1, 0.15) is 5.58 Å². The number of nitrogens with zero attached hydrogens (tertiary/aromatic N) is 2. The smallest absolute Gasteiger partial charge is 0.290 e. The quantitative estimate of drug-likeness (QED) is 0.362. The third-order valence-corrected chi connectivity index (χ3v) is 7.36. The number of fused-ring (bicyclic) bond motifs is 4. The molecule has 2 aromatic heterocycles. The van der Waals surface area contributed by atoms with E-state index in [2.05, 4.69) is 18.7 Å². The van der Waals surface area contributed by atoms with Crippen LogP contribution in [0.25, 0.3) is 21.7 Å². The van der Waals surface area contributed by atoms with Crippen molar-refractivity contribution in [3.05, 3.63) is 80.3 Å². The van der Waals surface area contributed by atoms with Gasteiger partial charge in [-0.25, -0.2) is 0 Å². The molecule has 0 fully saturated rings. The van der Waals surface area contributed by atoms with E-state index in [-0.39, 0.29) is 23.1 Å². The second-order valence-corrected chi connectivity index (χ2v) is 9.11. The molecule has 5 nitrogen and oxygen atoms in total. The highest BCUT2D eigenvalue weighted by molar-refractivity contribution is 7.10. The van der Waals surface area contributed by atoms with Gasteiger partial charge in [-0.15, -0.1) is 11.3 Å². The van der Waals surface area contributed by atoms with Crippen molar-refractivity contribution in [2.75, 3.05) is 26.2 Å². The average molecular weight is 447 g/mol. The molecule has 1 aliphatic rings. The summed E-state index contributed by atoms with van der Waals surface area (Å²) in [5, 5.41) is 4.36. The minimum Gasteiger partial charge on any atom is -0.450 e. The predicted molar refractivity (Wildman–Crippen MR) is 130 cm³/mol. The number of carbonyl (C=O) groups is 1. The van der Waals surface area contributed by atoms with Crippen LogP contribution in [0.4, 0.5) is 0 Å². The van der Waals surface area contributed by atoms with Gasteiger partial charge in [0, 0.05) is 16.8 Å². The lowest BCUT2D eigenvalue weighted by atomic mass is 10.0. The molecule has 1 atom stereocenters. The summed E-state index contributed by atoms with van der Waals surface area (Å²) in [7, 11) is 0. The maximum atomic E-state index is 13.7. The van der Waals surface area contributed by atoms with Crippen LogP contribution in [0.15, 0.2) is 63.1 Å². The first-order chi connectivity index (χ1) is 15.6. The van der Waals surface area contributed by atoms with E-state index in [1.165, 1.54) is 0 Å². The molecule has 1 unspecified atom stereocenters. The van der Waals surface area contributed by atoms with E-state index in [0.717, 1.165) is 41.7 Å². The van der Waals surface area contributed by atoms with Crippen LogP contribution in [-0.2, 0) is 0 Å². The number of amides is 1. The fourth-order valence-corrected chi connectivity index (χ4v) is 5.57. The SMILES string of the molecule is CCN(CC)CCCN1C(=O)c2oc3c(ccc4ccccc43)c(=O)c2C1c1cccs1. The minimum absolute atomic E-state index is 0.106. The Morgan fingerprint density at radius 1 is 1.00 bits per heavy atom. The summed E-state index contributed by atoms with van der Waals surface area (Å²) in [6, 6.07) is 15.1. The Labute approximate surface area is 190 Å². The molecule has 32 heavy (non-hydrogen) atoms. The highest BCUT2D eigenvalue weighted by atomic mass is 32.1. The summed E-state index contributed by atoms with van der Waals surface area (Å²) in [6.45, 7) is 7.76. The van der Waals surface area contributed by atoms with Crippen molar-refractivity contribution in [1.82, 2.24) is 9.80 Å². The molecule has 2 aromatic carbocycles. The van der Waals surface area contributed by atoms with Gasteiger partial charge in [-0.3, -0.25) is 9.59 Å². The van der Waals surface area contributed by atoms with Crippen molar-refractivity contribution in [2.45, 2.75) is 26.3 Å². The number of rotatable bonds is 7. The molecule has 0 radical (unpaired) electrons. The monoisotopic (exact) mass is 446 g/mol. The lowest BCUT2D eigenvalue weighted by Gasteiger charge is -2.25. The van der Waals surface area contributed by atoms with E-state index in [1.807, 2.05) is 58.8 Å². The van der Waals surface area contributed by atoms with E-state index < -0.39 is 0 Å². The Hall–Kier alpha value is -2.96. The molecule has 1 aliphatic heterocycles. The minimum atomic E-state index is -0.388. The number of hydrogen-bond acceptors (Lipinski definition) is 5. The predicted octanol–water partition coefficient (Wildman–Crippen LogP) is 5.28. The van der Waals surface area contributed by atoms with Crippen LogP contribution < -0.4 is 5.43 Å². The van der Waals surface area contributed by atoms with Crippen molar-refractivity contribution >= 4 is 39.0 Å². The van der Waals surface area contributed by atoms with E-state index in [1.54, 1.807) is 11.3 Å². The molecule has 5 rings (SSSR count). The van der Waals surface area contributed by atoms with Crippen LogP contribution >= 0.6 is 11.3 Å². The summed E-state index contributed by atoms with van der Waals surface area (Å²) in [5.74, 6) is 0.00460. The van der Waals surface area contributed by atoms with Gasteiger partial charge in [0.15, 0.2) is 5.43 Å². The van der Waals surface area contributed by atoms with Crippen LogP contribution in [-0.4, -0.2) is 41.9 Å². The number of carbonyl (C=O) groups excluding carboxylic acids is 1. The van der Waals surface area contributed by atoms with Crippen LogP contribution in [0.5, 0.6) is 0 Å². The van der Waals surface area contributed by atoms with Gasteiger partial charge >= 0.3 is 0 Å². The lowest BCUT2D eigenvalue weighted by Crippen LogP contribution is -2.33. The zero-order chi connectivity index (χ0) is 22.2. The number of thiophene rings is 1. The Morgan fingerprint density at radius 3 is 2.56 bits per heavy atom. The molecule has 164 valence electrons. The summed E-state index contributed by atoms with van der Waals surface area (Å²) in [6.07, 6.45) is 0.847. The van der Waals surface area contributed by atoms with Gasteiger partial charge < -0.3 is 14.2 Å². The molecular weight excluding hydrogens is 420 g/mol. The fourth-order valence-electron chi connectivity index (χ4n) is 4.73. The molecule has 4 aromatic rings. The van der Waals surface area contributed by atoms with Gasteiger partial charge in [-0.05, 0) is 49.0 Å². The zero-order valence-corrected chi connectivity index (χ0v) is 19.2. The van der Waals surface area contributed by atoms with Crippen molar-refractivity contribution in [2.24, 2.45) is 0 Å². The first kappa shape index (κ1) is 20.9. The standard InChI is InChI=1S/C26H26N2O3S/c1-3-27(4-2)14-8-15-28-22(20-11-7-16-32-20)21-23(29)19-13-12-17-9-5-6-10-18(17)24(19)31-25(21)26(28)30/h5-7,9-13,16,22H,3-4,8,14-15H2,1-2H3. The van der Waals surface area contributed by atoms with Crippen LogP contribution in [0, 0.1) is 0 Å². The van der Waals surface area contributed by atoms with Gasteiger partial charge in [0.05, 0.1) is 17.0 Å². The largest absolute Gasteiger partial charge is 0.450 e. The summed E-state index contributed by atoms with van der Waals surface area (Å²) >= 11 is 1.57. The molecule has 0 aliphatic carbocycles. The lowest BCUT2D eigenvalue weighted by molar-refractivity contribution is 0.0722. The molecule has 6 heteroatoms. The molecule has 0 saturated carbocycles.